The Morgan fingerprint density at radius 3 is 2.34 bits per heavy atom. The van der Waals surface area contributed by atoms with Crippen LogP contribution in [-0.2, 0) is 19.1 Å². The highest BCUT2D eigenvalue weighted by molar-refractivity contribution is 5.81. The van der Waals surface area contributed by atoms with E-state index < -0.39 is 0 Å². The van der Waals surface area contributed by atoms with Crippen molar-refractivity contribution in [2.45, 2.75) is 92.4 Å². The third-order valence-corrected chi connectivity index (χ3v) is 11.9. The highest BCUT2D eigenvalue weighted by Crippen LogP contribution is 2.71. The molecular formula is C31H46O4. The van der Waals surface area contributed by atoms with Gasteiger partial charge in [-0.25, -0.2) is 0 Å². The smallest absolute Gasteiger partial charge is 0.305 e. The summed E-state index contributed by atoms with van der Waals surface area (Å²) in [6.07, 6.45) is 14.3. The predicted octanol–water partition coefficient (Wildman–Crippen LogP) is 6.11. The first kappa shape index (κ1) is 26.4. The molecule has 0 aromatic heterocycles. The lowest BCUT2D eigenvalue weighted by Gasteiger charge is -2.64. The summed E-state index contributed by atoms with van der Waals surface area (Å²) < 4.78 is 4.90. The second-order valence-electron chi connectivity index (χ2n) is 13.1. The Labute approximate surface area is 212 Å². The van der Waals surface area contributed by atoms with Crippen LogP contribution in [0.1, 0.15) is 92.4 Å². The van der Waals surface area contributed by atoms with E-state index in [4.69, 9.17) is 11.2 Å². The second-order valence-corrected chi connectivity index (χ2v) is 13.1. The molecule has 0 bridgehead atoms. The maximum atomic E-state index is 13.3. The molecule has 0 amide bonds. The van der Waals surface area contributed by atoms with Crippen molar-refractivity contribution in [1.82, 2.24) is 0 Å². The van der Waals surface area contributed by atoms with Gasteiger partial charge in [0, 0.05) is 24.2 Å². The van der Waals surface area contributed by atoms with Gasteiger partial charge < -0.3 is 4.74 Å². The van der Waals surface area contributed by atoms with E-state index in [1.54, 1.807) is 13.8 Å². The van der Waals surface area contributed by atoms with Crippen molar-refractivity contribution in [3.05, 3.63) is 0 Å². The Morgan fingerprint density at radius 2 is 1.74 bits per heavy atom. The average Bonchev–Trinajstić information content (AvgIpc) is 3.18. The molecular weight excluding hydrogens is 436 g/mol. The van der Waals surface area contributed by atoms with E-state index in [0.29, 0.717) is 59.4 Å². The van der Waals surface area contributed by atoms with Crippen molar-refractivity contribution in [2.24, 2.45) is 64.1 Å². The monoisotopic (exact) mass is 482 g/mol. The lowest BCUT2D eigenvalue weighted by Crippen LogP contribution is -2.61. The number of esters is 1. The molecule has 4 heteroatoms. The fraction of sp³-hybridized carbons (Fsp3) is 0.839. The molecule has 0 saturated heterocycles. The van der Waals surface area contributed by atoms with Gasteiger partial charge in [-0.05, 0) is 112 Å². The Hall–Kier alpha value is -1.63. The summed E-state index contributed by atoms with van der Waals surface area (Å²) in [6, 6.07) is 0. The molecule has 4 rings (SSSR count). The Morgan fingerprint density at radius 1 is 1.03 bits per heavy atom. The summed E-state index contributed by atoms with van der Waals surface area (Å²) in [5, 5.41) is 0. The number of ketones is 2. The van der Waals surface area contributed by atoms with Crippen LogP contribution in [0.3, 0.4) is 0 Å². The van der Waals surface area contributed by atoms with Crippen LogP contribution in [0.25, 0.3) is 0 Å². The van der Waals surface area contributed by atoms with Crippen molar-refractivity contribution in [2.75, 3.05) is 7.11 Å². The molecule has 0 aromatic rings. The fourth-order valence-electron chi connectivity index (χ4n) is 10.1. The Balaban J connectivity index is 1.71. The van der Waals surface area contributed by atoms with Crippen molar-refractivity contribution >= 4 is 17.5 Å². The quantitative estimate of drug-likeness (QED) is 0.338. The second kappa shape index (κ2) is 9.68. The number of carbonyl (C=O) groups excluding carboxylic acids is 3. The van der Waals surface area contributed by atoms with Gasteiger partial charge in [-0.2, -0.15) is 0 Å². The fourth-order valence-corrected chi connectivity index (χ4v) is 10.1. The molecule has 3 unspecified atom stereocenters. The van der Waals surface area contributed by atoms with Crippen molar-refractivity contribution in [1.29, 1.82) is 0 Å². The summed E-state index contributed by atoms with van der Waals surface area (Å²) >= 11 is 0. The zero-order valence-electron chi connectivity index (χ0n) is 22.8. The van der Waals surface area contributed by atoms with Gasteiger partial charge in [0.25, 0.3) is 0 Å². The van der Waals surface area contributed by atoms with E-state index in [9.17, 15) is 14.4 Å². The van der Waals surface area contributed by atoms with Gasteiger partial charge in [-0.15, -0.1) is 12.3 Å². The number of fused-ring (bicyclic) bond motifs is 5. The number of hydrogen-bond acceptors (Lipinski definition) is 4. The molecule has 0 spiro atoms. The molecule has 0 radical (unpaired) electrons. The van der Waals surface area contributed by atoms with Crippen LogP contribution in [0.4, 0.5) is 0 Å². The summed E-state index contributed by atoms with van der Waals surface area (Å²) in [6.45, 7) is 10.7. The Bertz CT molecular complexity index is 900. The molecule has 11 atom stereocenters. The summed E-state index contributed by atoms with van der Waals surface area (Å²) in [5.41, 5.74) is 0.0447. The van der Waals surface area contributed by atoms with Crippen LogP contribution in [0.2, 0.25) is 0 Å². The maximum absolute atomic E-state index is 13.3. The van der Waals surface area contributed by atoms with Crippen LogP contribution < -0.4 is 0 Å². The molecule has 35 heavy (non-hydrogen) atoms. The Kier molecular flexibility index (Phi) is 7.31. The normalized spacial score (nSPS) is 45.3. The molecule has 4 saturated carbocycles. The van der Waals surface area contributed by atoms with Crippen LogP contribution in [0, 0.1) is 76.4 Å². The van der Waals surface area contributed by atoms with Crippen LogP contribution >= 0.6 is 0 Å². The molecule has 194 valence electrons. The molecule has 4 nitrogen and oxygen atoms in total. The van der Waals surface area contributed by atoms with E-state index >= 15 is 0 Å². The zero-order chi connectivity index (χ0) is 25.7. The molecule has 0 N–H and O–H groups in total. The minimum absolute atomic E-state index is 0.0235. The van der Waals surface area contributed by atoms with E-state index in [1.807, 2.05) is 0 Å². The number of Topliss-reactive ketones (excluding diaryl/α,β-unsaturated/α-hetero) is 2. The van der Waals surface area contributed by atoms with Gasteiger partial charge in [0.15, 0.2) is 0 Å². The van der Waals surface area contributed by atoms with Crippen molar-refractivity contribution < 1.29 is 19.1 Å². The SMILES string of the molecule is C#C[C@H]1CC[C@@]2(C)C(CC(C(C)=O)[C@H]3[C@@H]4CC[C@H]([C@H](C)CCC(=O)OC)[C@@]4(C)C(C(C)=O)C[C@@H]32)C1. The highest BCUT2D eigenvalue weighted by Gasteiger charge is 2.66. The largest absolute Gasteiger partial charge is 0.469 e. The van der Waals surface area contributed by atoms with Gasteiger partial charge >= 0.3 is 5.97 Å². The molecule has 4 aliphatic carbocycles. The molecule has 0 heterocycles. The van der Waals surface area contributed by atoms with Gasteiger partial charge in [0.1, 0.15) is 11.6 Å². The molecule has 0 aromatic carbocycles. The first-order valence-electron chi connectivity index (χ1n) is 14.0. The van der Waals surface area contributed by atoms with E-state index in [1.165, 1.54) is 7.11 Å². The van der Waals surface area contributed by atoms with Crippen LogP contribution in [0.5, 0.6) is 0 Å². The minimum Gasteiger partial charge on any atom is -0.469 e. The highest BCUT2D eigenvalue weighted by atomic mass is 16.5. The average molecular weight is 483 g/mol. The lowest BCUT2D eigenvalue weighted by molar-refractivity contribution is -0.177. The minimum atomic E-state index is -0.158. The predicted molar refractivity (Wildman–Crippen MR) is 137 cm³/mol. The number of rotatable bonds is 6. The first-order valence-corrected chi connectivity index (χ1v) is 14.0. The van der Waals surface area contributed by atoms with Crippen LogP contribution in [0.15, 0.2) is 0 Å². The number of carbonyl (C=O) groups is 3. The topological polar surface area (TPSA) is 60.4 Å². The third-order valence-electron chi connectivity index (χ3n) is 11.9. The molecule has 4 aliphatic rings. The van der Waals surface area contributed by atoms with Gasteiger partial charge in [0.2, 0.25) is 0 Å². The lowest BCUT2D eigenvalue weighted by atomic mass is 9.39. The summed E-state index contributed by atoms with van der Waals surface area (Å²) in [4.78, 5) is 38.3. The number of terminal acetylenes is 1. The van der Waals surface area contributed by atoms with Gasteiger partial charge in [-0.3, -0.25) is 14.4 Å². The zero-order valence-corrected chi connectivity index (χ0v) is 22.8. The van der Waals surface area contributed by atoms with E-state index in [0.717, 1.165) is 51.4 Å². The standard InChI is InChI=1S/C31H46O4/c1-8-21-13-14-30(5)22(15-21)16-23(19(3)32)29-25-11-10-24(18(2)9-12-28(34)35-7)31(25,6)26(20(4)33)17-27(29)30/h1,18,21-27,29H,9-17H2,2-7H3/t18-,21+,22?,23?,24-,25+,26?,27+,29+,30+,31-/m1/s1. The number of ether oxygens (including phenoxy) is 1. The van der Waals surface area contributed by atoms with Crippen molar-refractivity contribution in [3.8, 4) is 12.3 Å². The summed E-state index contributed by atoms with van der Waals surface area (Å²) in [7, 11) is 1.45. The van der Waals surface area contributed by atoms with E-state index in [2.05, 4.69) is 26.7 Å². The van der Waals surface area contributed by atoms with Crippen molar-refractivity contribution in [3.63, 3.8) is 0 Å². The maximum Gasteiger partial charge on any atom is 0.305 e. The molecule has 4 fully saturated rings. The number of hydrogen-bond donors (Lipinski definition) is 0. The first-order chi connectivity index (χ1) is 16.5. The van der Waals surface area contributed by atoms with Gasteiger partial charge in [0.05, 0.1) is 7.11 Å². The summed E-state index contributed by atoms with van der Waals surface area (Å²) in [5.74, 6) is 6.27. The molecule has 0 aliphatic heterocycles. The third kappa shape index (κ3) is 4.19. The van der Waals surface area contributed by atoms with Crippen LogP contribution in [-0.4, -0.2) is 24.6 Å². The van der Waals surface area contributed by atoms with E-state index in [-0.39, 0.29) is 28.6 Å². The number of methoxy groups -OCH3 is 1. The van der Waals surface area contributed by atoms with Gasteiger partial charge in [-0.1, -0.05) is 20.8 Å².